The molecule has 0 heterocycles. The number of hydrogen-bond donors (Lipinski definition) is 1. The lowest BCUT2D eigenvalue weighted by Crippen LogP contribution is -2.42. The highest BCUT2D eigenvalue weighted by Crippen LogP contribution is 2.28. The van der Waals surface area contributed by atoms with Gasteiger partial charge in [0.05, 0.1) is 23.7 Å². The fourth-order valence-electron chi connectivity index (χ4n) is 3.59. The number of nitrogens with one attached hydrogen (secondary N) is 1. The fourth-order valence-corrected chi connectivity index (χ4v) is 5.31. The normalized spacial score (nSPS) is 12.1. The first-order valence-corrected chi connectivity index (χ1v) is 12.8. The molecule has 0 radical (unpaired) electrons. The van der Waals surface area contributed by atoms with Crippen molar-refractivity contribution in [2.24, 2.45) is 0 Å². The highest BCUT2D eigenvalue weighted by molar-refractivity contribution is 7.92. The number of halogens is 2. The first kappa shape index (κ1) is 25.9. The minimum absolute atomic E-state index is 0.0162. The summed E-state index contributed by atoms with van der Waals surface area (Å²) in [6, 6.07) is 17.6. The number of methoxy groups -OCH3 is 1. The fraction of sp³-hybridized carbons (Fsp3) is 0.240. The monoisotopic (exact) mass is 520 g/mol. The van der Waals surface area contributed by atoms with Crippen molar-refractivity contribution in [3.05, 3.63) is 87.9 Å². The van der Waals surface area contributed by atoms with E-state index in [1.54, 1.807) is 25.3 Å². The molecule has 3 rings (SSSR count). The molecule has 34 heavy (non-hydrogen) atoms. The number of amides is 1. The summed E-state index contributed by atoms with van der Waals surface area (Å²) < 4.78 is 33.3. The van der Waals surface area contributed by atoms with E-state index in [1.165, 1.54) is 30.3 Å². The number of ether oxygens (including phenoxy) is 1. The molecule has 1 atom stereocenters. The Morgan fingerprint density at radius 1 is 1.03 bits per heavy atom. The van der Waals surface area contributed by atoms with Crippen LogP contribution in [0.15, 0.2) is 71.6 Å². The van der Waals surface area contributed by atoms with Gasteiger partial charge < -0.3 is 10.1 Å². The first-order chi connectivity index (χ1) is 16.1. The van der Waals surface area contributed by atoms with Crippen molar-refractivity contribution in [3.8, 4) is 5.75 Å². The highest BCUT2D eigenvalue weighted by Gasteiger charge is 2.28. The van der Waals surface area contributed by atoms with Gasteiger partial charge in [0.15, 0.2) is 0 Å². The molecule has 3 aromatic rings. The van der Waals surface area contributed by atoms with E-state index in [4.69, 9.17) is 27.9 Å². The molecule has 0 fully saturated rings. The van der Waals surface area contributed by atoms with Crippen LogP contribution < -0.4 is 14.4 Å². The molecule has 0 spiro atoms. The van der Waals surface area contributed by atoms with Crippen LogP contribution in [0.3, 0.4) is 0 Å². The van der Waals surface area contributed by atoms with Crippen LogP contribution in [0, 0.1) is 6.92 Å². The number of carbonyl (C=O) groups excluding carboxylic acids is 1. The molecule has 9 heteroatoms. The Bertz CT molecular complexity index is 1260. The Hall–Kier alpha value is -2.74. The molecule has 0 aliphatic carbocycles. The lowest BCUT2D eigenvalue weighted by molar-refractivity contribution is -0.120. The summed E-state index contributed by atoms with van der Waals surface area (Å²) in [5.74, 6) is 0.309. The zero-order chi connectivity index (χ0) is 24.9. The molecule has 0 aliphatic rings. The van der Waals surface area contributed by atoms with Crippen LogP contribution in [0.2, 0.25) is 10.0 Å². The van der Waals surface area contributed by atoms with Gasteiger partial charge in [-0.2, -0.15) is 0 Å². The lowest BCUT2D eigenvalue weighted by atomic mass is 10.0. The highest BCUT2D eigenvalue weighted by atomic mass is 35.5. The zero-order valence-electron chi connectivity index (χ0n) is 19.1. The molecule has 0 aromatic heterocycles. The SMILES string of the molecule is CC[C@@H](NC(=O)CN(c1cccc(Cl)c1)S(=O)(=O)c1ccc(Cl)cc1)c1ccc(OC)c(C)c1. The second-order valence-corrected chi connectivity index (χ2v) is 10.4. The number of hydrogen-bond acceptors (Lipinski definition) is 4. The van der Waals surface area contributed by atoms with Crippen molar-refractivity contribution >= 4 is 44.8 Å². The maximum absolute atomic E-state index is 13.5. The van der Waals surface area contributed by atoms with Gasteiger partial charge in [-0.3, -0.25) is 9.10 Å². The van der Waals surface area contributed by atoms with Crippen LogP contribution in [-0.4, -0.2) is 28.0 Å². The maximum atomic E-state index is 13.5. The summed E-state index contributed by atoms with van der Waals surface area (Å²) in [5.41, 5.74) is 2.13. The number of aryl methyl sites for hydroxylation is 1. The summed E-state index contributed by atoms with van der Waals surface area (Å²) in [4.78, 5) is 13.1. The van der Waals surface area contributed by atoms with Gasteiger partial charge in [-0.05, 0) is 73.0 Å². The average Bonchev–Trinajstić information content (AvgIpc) is 2.81. The van der Waals surface area contributed by atoms with Gasteiger partial charge in [0.25, 0.3) is 10.0 Å². The summed E-state index contributed by atoms with van der Waals surface area (Å²) in [6.07, 6.45) is 0.624. The predicted octanol–water partition coefficient (Wildman–Crippen LogP) is 5.77. The summed E-state index contributed by atoms with van der Waals surface area (Å²) in [5, 5.41) is 3.72. The third-order valence-corrected chi connectivity index (χ3v) is 7.62. The second kappa shape index (κ2) is 11.1. The molecule has 3 aromatic carbocycles. The third-order valence-electron chi connectivity index (χ3n) is 5.35. The molecule has 1 amide bonds. The Morgan fingerprint density at radius 3 is 2.32 bits per heavy atom. The first-order valence-electron chi connectivity index (χ1n) is 10.6. The van der Waals surface area contributed by atoms with E-state index < -0.39 is 22.5 Å². The van der Waals surface area contributed by atoms with Crippen LogP contribution >= 0.6 is 23.2 Å². The molecule has 0 saturated carbocycles. The van der Waals surface area contributed by atoms with Crippen molar-refractivity contribution in [1.82, 2.24) is 5.32 Å². The minimum Gasteiger partial charge on any atom is -0.496 e. The van der Waals surface area contributed by atoms with Gasteiger partial charge in [-0.25, -0.2) is 8.42 Å². The summed E-state index contributed by atoms with van der Waals surface area (Å²) in [7, 11) is -2.46. The predicted molar refractivity (Wildman–Crippen MR) is 136 cm³/mol. The van der Waals surface area contributed by atoms with Crippen molar-refractivity contribution in [2.75, 3.05) is 18.0 Å². The van der Waals surface area contributed by atoms with Crippen molar-refractivity contribution in [3.63, 3.8) is 0 Å². The second-order valence-electron chi connectivity index (χ2n) is 7.70. The van der Waals surface area contributed by atoms with Crippen molar-refractivity contribution in [2.45, 2.75) is 31.2 Å². The number of sulfonamides is 1. The van der Waals surface area contributed by atoms with Gasteiger partial charge >= 0.3 is 0 Å². The van der Waals surface area contributed by atoms with E-state index in [2.05, 4.69) is 5.32 Å². The number of rotatable bonds is 9. The van der Waals surface area contributed by atoms with E-state index in [-0.39, 0.29) is 16.6 Å². The van der Waals surface area contributed by atoms with E-state index in [1.807, 2.05) is 32.0 Å². The molecule has 0 unspecified atom stereocenters. The van der Waals surface area contributed by atoms with Crippen LogP contribution in [-0.2, 0) is 14.8 Å². The Morgan fingerprint density at radius 2 is 1.74 bits per heavy atom. The molecule has 0 bridgehead atoms. The van der Waals surface area contributed by atoms with Crippen LogP contribution in [0.25, 0.3) is 0 Å². The Balaban J connectivity index is 1.90. The minimum atomic E-state index is -4.07. The zero-order valence-corrected chi connectivity index (χ0v) is 21.4. The smallest absolute Gasteiger partial charge is 0.264 e. The van der Waals surface area contributed by atoms with Gasteiger partial charge in [0.1, 0.15) is 12.3 Å². The Kier molecular flexibility index (Phi) is 8.47. The van der Waals surface area contributed by atoms with Gasteiger partial charge in [-0.15, -0.1) is 0 Å². The third kappa shape index (κ3) is 6.03. The van der Waals surface area contributed by atoms with Gasteiger partial charge in [0.2, 0.25) is 5.91 Å². The number of carbonyl (C=O) groups is 1. The van der Waals surface area contributed by atoms with Crippen LogP contribution in [0.1, 0.15) is 30.5 Å². The maximum Gasteiger partial charge on any atom is 0.264 e. The van der Waals surface area contributed by atoms with E-state index in [0.717, 1.165) is 21.2 Å². The molecule has 0 aliphatic heterocycles. The molecule has 1 N–H and O–H groups in total. The van der Waals surface area contributed by atoms with E-state index in [9.17, 15) is 13.2 Å². The quantitative estimate of drug-likeness (QED) is 0.388. The van der Waals surface area contributed by atoms with Gasteiger partial charge in [-0.1, -0.05) is 48.3 Å². The molecule has 0 saturated heterocycles. The van der Waals surface area contributed by atoms with E-state index in [0.29, 0.717) is 16.5 Å². The lowest BCUT2D eigenvalue weighted by Gasteiger charge is -2.26. The van der Waals surface area contributed by atoms with Crippen LogP contribution in [0.5, 0.6) is 5.75 Å². The Labute approximate surface area is 210 Å². The number of anilines is 1. The average molecular weight is 521 g/mol. The summed E-state index contributed by atoms with van der Waals surface area (Å²) in [6.45, 7) is 3.46. The standard InChI is InChI=1S/C25H26Cl2N2O4S/c1-4-23(18-8-13-24(33-3)17(2)14-18)28-25(30)16-29(21-7-5-6-20(27)15-21)34(31,32)22-11-9-19(26)10-12-22/h5-15,23H,4,16H2,1-3H3,(H,28,30)/t23-/m1/s1. The molecular formula is C25H26Cl2N2O4S. The molecule has 180 valence electrons. The largest absolute Gasteiger partial charge is 0.496 e. The molecular weight excluding hydrogens is 495 g/mol. The number of nitrogens with zero attached hydrogens (tertiary/aromatic N) is 1. The van der Waals surface area contributed by atoms with Gasteiger partial charge in [0, 0.05) is 10.0 Å². The molecule has 6 nitrogen and oxygen atoms in total. The van der Waals surface area contributed by atoms with Crippen molar-refractivity contribution < 1.29 is 17.9 Å². The van der Waals surface area contributed by atoms with E-state index >= 15 is 0 Å². The summed E-state index contributed by atoms with van der Waals surface area (Å²) >= 11 is 12.0. The van der Waals surface area contributed by atoms with Crippen LogP contribution in [0.4, 0.5) is 5.69 Å². The van der Waals surface area contributed by atoms with Crippen molar-refractivity contribution in [1.29, 1.82) is 0 Å². The number of benzene rings is 3. The topological polar surface area (TPSA) is 75.7 Å².